The fourth-order valence-corrected chi connectivity index (χ4v) is 1.76. The molecule has 1 rings (SSSR count). The second-order valence-electron chi connectivity index (χ2n) is 1.92. The molecule has 0 unspecified atom stereocenters. The summed E-state index contributed by atoms with van der Waals surface area (Å²) in [6.07, 6.45) is 2.66. The molecule has 12 heteroatoms. The van der Waals surface area contributed by atoms with Crippen LogP contribution in [0, 0.1) is 0 Å². The summed E-state index contributed by atoms with van der Waals surface area (Å²) in [5.41, 5.74) is 0. The zero-order valence-electron chi connectivity index (χ0n) is 8.66. The third-order valence-electron chi connectivity index (χ3n) is 1.23. The minimum Gasteiger partial charge on any atom is -0.381 e. The summed E-state index contributed by atoms with van der Waals surface area (Å²) in [5, 5.41) is 0. The van der Waals surface area contributed by atoms with Crippen molar-refractivity contribution in [3.63, 3.8) is 0 Å². The molecule has 0 atom stereocenters. The molecule has 0 aliphatic carbocycles. The number of hydrogen-bond acceptors (Lipinski definition) is 1. The van der Waals surface area contributed by atoms with E-state index in [1.54, 1.807) is 0 Å². The van der Waals surface area contributed by atoms with Crippen LogP contribution in [0.3, 0.4) is 0 Å². The van der Waals surface area contributed by atoms with E-state index in [9.17, 15) is 0 Å². The maximum Gasteiger partial charge on any atom is 0.0505 e. The maximum atomic E-state index is 5.16. The summed E-state index contributed by atoms with van der Waals surface area (Å²) in [5.74, 6) is 0. The average Bonchev–Trinajstić information content (AvgIpc) is 1.69. The van der Waals surface area contributed by atoms with Gasteiger partial charge in [-0.2, -0.15) is 0 Å². The maximum absolute atomic E-state index is 5.16. The van der Waals surface area contributed by atoms with Crippen molar-refractivity contribution in [3.05, 3.63) is 0 Å². The second kappa shape index (κ2) is 50.3. The van der Waals surface area contributed by atoms with Gasteiger partial charge in [0.2, 0.25) is 0 Å². The summed E-state index contributed by atoms with van der Waals surface area (Å²) in [6, 6.07) is 0. The SMILES string of the molecule is CP1CCOCC1.Cl.Cl.Cl.Cl.Cl.Cl.Cl.Cl.Cl.[Au]. The Morgan fingerprint density at radius 2 is 0.882 bits per heavy atom. The van der Waals surface area contributed by atoms with Gasteiger partial charge in [-0.25, -0.2) is 0 Å². The molecule has 1 fully saturated rings. The summed E-state index contributed by atoms with van der Waals surface area (Å²) in [4.78, 5) is 0. The van der Waals surface area contributed by atoms with Gasteiger partial charge in [0.15, 0.2) is 0 Å². The van der Waals surface area contributed by atoms with Crippen LogP contribution in [0.2, 0.25) is 0 Å². The Kier molecular flexibility index (Phi) is 207. The molecule has 0 spiro atoms. The normalized spacial score (nSPS) is 10.4. The fourth-order valence-electron chi connectivity index (χ4n) is 0.655. The first-order valence-corrected chi connectivity index (χ1v) is 4.82. The third-order valence-corrected chi connectivity index (χ3v) is 3.13. The van der Waals surface area contributed by atoms with E-state index in [1.165, 1.54) is 12.3 Å². The number of hydrogen-bond donors (Lipinski definition) is 0. The summed E-state index contributed by atoms with van der Waals surface area (Å²) < 4.78 is 5.16. The van der Waals surface area contributed by atoms with Gasteiger partial charge in [0.25, 0.3) is 0 Å². The van der Waals surface area contributed by atoms with E-state index in [2.05, 4.69) is 6.66 Å². The van der Waals surface area contributed by atoms with Crippen LogP contribution in [-0.2, 0) is 27.1 Å². The molecular weight excluding hydrogens is 623 g/mol. The Morgan fingerprint density at radius 1 is 0.647 bits per heavy atom. The summed E-state index contributed by atoms with van der Waals surface area (Å²) in [6.45, 7) is 4.38. The van der Waals surface area contributed by atoms with Crippen molar-refractivity contribution in [3.8, 4) is 0 Å². The standard InChI is InChI=1S/C5H11OP.Au.9ClH/c1-7-4-2-6-3-5-7;;;;;;;;;;/h2-5H2,1H3;;9*1H. The van der Waals surface area contributed by atoms with Gasteiger partial charge < -0.3 is 4.74 Å². The monoisotopic (exact) mass is 639 g/mol. The van der Waals surface area contributed by atoms with E-state index in [0.717, 1.165) is 13.2 Å². The molecule has 0 aromatic carbocycles. The van der Waals surface area contributed by atoms with Crippen LogP contribution in [-0.4, -0.2) is 32.2 Å². The Labute approximate surface area is 177 Å². The Hall–Kier alpha value is 3.74. The van der Waals surface area contributed by atoms with Crippen molar-refractivity contribution in [2.75, 3.05) is 32.2 Å². The van der Waals surface area contributed by atoms with Crippen LogP contribution in [0.25, 0.3) is 0 Å². The minimum atomic E-state index is 0. The smallest absolute Gasteiger partial charge is 0.0505 e. The first kappa shape index (κ1) is 70.1. The molecular formula is C5H20AuCl9OP. The zero-order chi connectivity index (χ0) is 5.11. The van der Waals surface area contributed by atoms with E-state index in [1.807, 2.05) is 0 Å². The van der Waals surface area contributed by atoms with Crippen molar-refractivity contribution in [1.82, 2.24) is 0 Å². The predicted octanol–water partition coefficient (Wildman–Crippen LogP) is 4.92. The van der Waals surface area contributed by atoms with Crippen LogP contribution in [0.4, 0.5) is 0 Å². The number of rotatable bonds is 0. The molecule has 0 N–H and O–H groups in total. The van der Waals surface area contributed by atoms with Crippen LogP contribution in [0.5, 0.6) is 0 Å². The van der Waals surface area contributed by atoms with Gasteiger partial charge in [0.05, 0.1) is 13.2 Å². The van der Waals surface area contributed by atoms with Gasteiger partial charge in [-0.1, -0.05) is 0 Å². The van der Waals surface area contributed by atoms with Gasteiger partial charge in [0.1, 0.15) is 0 Å². The molecule has 1 nitrogen and oxygen atoms in total. The fraction of sp³-hybridized carbons (Fsp3) is 1.00. The van der Waals surface area contributed by atoms with Crippen molar-refractivity contribution < 1.29 is 27.1 Å². The molecule has 125 valence electrons. The van der Waals surface area contributed by atoms with E-state index in [-0.39, 0.29) is 134 Å². The van der Waals surface area contributed by atoms with Crippen molar-refractivity contribution in [1.29, 1.82) is 0 Å². The van der Waals surface area contributed by atoms with Gasteiger partial charge in [-0.05, 0) is 19.0 Å². The molecule has 0 aromatic heterocycles. The first-order valence-electron chi connectivity index (χ1n) is 2.66. The van der Waals surface area contributed by atoms with E-state index in [4.69, 9.17) is 4.74 Å². The molecule has 0 saturated carbocycles. The van der Waals surface area contributed by atoms with Gasteiger partial charge in [-0.15, -0.1) is 120 Å². The molecule has 1 aliphatic rings. The van der Waals surface area contributed by atoms with Crippen LogP contribution >= 0.6 is 120 Å². The number of halogens is 9. The van der Waals surface area contributed by atoms with Crippen molar-refractivity contribution in [2.24, 2.45) is 0 Å². The molecule has 1 radical (unpaired) electrons. The largest absolute Gasteiger partial charge is 0.381 e. The minimum absolute atomic E-state index is 0. The summed E-state index contributed by atoms with van der Waals surface area (Å²) in [7, 11) is 0.383. The average molecular weight is 643 g/mol. The van der Waals surface area contributed by atoms with Crippen LogP contribution in [0.15, 0.2) is 0 Å². The van der Waals surface area contributed by atoms with Crippen molar-refractivity contribution in [2.45, 2.75) is 0 Å². The molecule has 0 bridgehead atoms. The van der Waals surface area contributed by atoms with E-state index < -0.39 is 0 Å². The Bertz CT molecular complexity index is 71.3. The van der Waals surface area contributed by atoms with E-state index in [0.29, 0.717) is 7.92 Å². The first-order chi connectivity index (χ1) is 3.39. The summed E-state index contributed by atoms with van der Waals surface area (Å²) >= 11 is 0. The Balaban J connectivity index is -0.00000000612. The zero-order valence-corrected chi connectivity index (χ0v) is 19.1. The van der Waals surface area contributed by atoms with Gasteiger partial charge in [0, 0.05) is 22.4 Å². The van der Waals surface area contributed by atoms with Crippen LogP contribution < -0.4 is 0 Å². The quantitative estimate of drug-likeness (QED) is 0.269. The third kappa shape index (κ3) is 45.1. The molecule has 0 amide bonds. The van der Waals surface area contributed by atoms with Gasteiger partial charge in [-0.3, -0.25) is 0 Å². The van der Waals surface area contributed by atoms with E-state index >= 15 is 0 Å². The topological polar surface area (TPSA) is 9.23 Å². The molecule has 0 aromatic rings. The second-order valence-corrected chi connectivity index (χ2v) is 4.52. The van der Waals surface area contributed by atoms with Crippen LogP contribution in [0.1, 0.15) is 0 Å². The van der Waals surface area contributed by atoms with Gasteiger partial charge >= 0.3 is 0 Å². The van der Waals surface area contributed by atoms with Crippen molar-refractivity contribution >= 4 is 120 Å². The molecule has 1 aliphatic heterocycles. The number of ether oxygens (including phenoxy) is 1. The predicted molar refractivity (Wildman–Crippen MR) is 98.6 cm³/mol. The Morgan fingerprint density at radius 3 is 1.00 bits per heavy atom. The molecule has 1 saturated heterocycles. The molecule has 17 heavy (non-hydrogen) atoms. The molecule has 1 heterocycles.